The Morgan fingerprint density at radius 2 is 1.91 bits per heavy atom. The third kappa shape index (κ3) is 4.47. The number of hydrogen-bond donors (Lipinski definition) is 3. The lowest BCUT2D eigenvalue weighted by molar-refractivity contribution is 0.251. The van der Waals surface area contributed by atoms with Crippen LogP contribution in [0, 0.1) is 0 Å². The predicted octanol–water partition coefficient (Wildman–Crippen LogP) is 3.35. The molecule has 0 radical (unpaired) electrons. The van der Waals surface area contributed by atoms with Crippen molar-refractivity contribution in [1.29, 1.82) is 0 Å². The first-order chi connectivity index (χ1) is 11.3. The van der Waals surface area contributed by atoms with Crippen LogP contribution in [0.3, 0.4) is 0 Å². The van der Waals surface area contributed by atoms with E-state index in [0.717, 1.165) is 18.7 Å². The van der Waals surface area contributed by atoms with E-state index in [9.17, 15) is 4.79 Å². The van der Waals surface area contributed by atoms with Gasteiger partial charge in [-0.3, -0.25) is 0 Å². The van der Waals surface area contributed by atoms with E-state index in [1.165, 1.54) is 6.42 Å². The molecule has 3 N–H and O–H groups in total. The largest absolute Gasteiger partial charge is 0.455 e. The average molecular weight is 311 g/mol. The normalized spacial score (nSPS) is 16.8. The Morgan fingerprint density at radius 3 is 2.70 bits per heavy atom. The highest BCUT2D eigenvalue weighted by Gasteiger charge is 2.15. The number of benzene rings is 2. The summed E-state index contributed by atoms with van der Waals surface area (Å²) in [5.74, 6) is 1.35. The second kappa shape index (κ2) is 7.65. The number of carbonyl (C=O) groups is 1. The van der Waals surface area contributed by atoms with Gasteiger partial charge in [0, 0.05) is 12.6 Å². The van der Waals surface area contributed by atoms with Gasteiger partial charge in [-0.15, -0.1) is 0 Å². The molecular formula is C18H21N3O2. The van der Waals surface area contributed by atoms with Crippen LogP contribution in [0.25, 0.3) is 0 Å². The first-order valence-corrected chi connectivity index (χ1v) is 7.91. The van der Waals surface area contributed by atoms with Gasteiger partial charge in [-0.1, -0.05) is 30.3 Å². The molecule has 2 amide bonds. The minimum absolute atomic E-state index is 0.220. The van der Waals surface area contributed by atoms with Crippen LogP contribution in [0.1, 0.15) is 12.8 Å². The van der Waals surface area contributed by atoms with Crippen molar-refractivity contribution in [3.63, 3.8) is 0 Å². The molecule has 2 aromatic rings. The summed E-state index contributed by atoms with van der Waals surface area (Å²) in [5.41, 5.74) is 0.647. The van der Waals surface area contributed by atoms with E-state index >= 15 is 0 Å². The van der Waals surface area contributed by atoms with E-state index in [0.29, 0.717) is 24.0 Å². The highest BCUT2D eigenvalue weighted by molar-refractivity contribution is 5.91. The molecule has 0 saturated carbocycles. The molecule has 3 rings (SSSR count). The highest BCUT2D eigenvalue weighted by Crippen LogP contribution is 2.28. The van der Waals surface area contributed by atoms with Crippen LogP contribution in [0.5, 0.6) is 11.5 Å². The van der Waals surface area contributed by atoms with Crippen molar-refractivity contribution in [2.75, 3.05) is 18.4 Å². The Labute approximate surface area is 136 Å². The molecule has 0 spiro atoms. The van der Waals surface area contributed by atoms with Crippen molar-refractivity contribution in [3.05, 3.63) is 54.6 Å². The van der Waals surface area contributed by atoms with Gasteiger partial charge in [0.05, 0.1) is 5.69 Å². The zero-order chi connectivity index (χ0) is 15.9. The van der Waals surface area contributed by atoms with Crippen molar-refractivity contribution in [1.82, 2.24) is 10.6 Å². The van der Waals surface area contributed by atoms with E-state index in [4.69, 9.17) is 4.74 Å². The van der Waals surface area contributed by atoms with Crippen LogP contribution in [0.4, 0.5) is 10.5 Å². The predicted molar refractivity (Wildman–Crippen MR) is 91.0 cm³/mol. The number of nitrogens with one attached hydrogen (secondary N) is 3. The van der Waals surface area contributed by atoms with Crippen molar-refractivity contribution >= 4 is 11.7 Å². The smallest absolute Gasteiger partial charge is 0.319 e. The first-order valence-electron chi connectivity index (χ1n) is 7.91. The van der Waals surface area contributed by atoms with Crippen LogP contribution in [0.2, 0.25) is 0 Å². The summed E-state index contributed by atoms with van der Waals surface area (Å²) in [6.45, 7) is 1.66. The fourth-order valence-corrected chi connectivity index (χ4v) is 2.59. The molecular weight excluding hydrogens is 290 g/mol. The van der Waals surface area contributed by atoms with Gasteiger partial charge in [-0.25, -0.2) is 4.79 Å². The van der Waals surface area contributed by atoms with E-state index in [2.05, 4.69) is 16.0 Å². The number of anilines is 1. The maximum atomic E-state index is 12.1. The van der Waals surface area contributed by atoms with Crippen LogP contribution >= 0.6 is 0 Å². The van der Waals surface area contributed by atoms with Gasteiger partial charge < -0.3 is 20.7 Å². The van der Waals surface area contributed by atoms with Gasteiger partial charge >= 0.3 is 6.03 Å². The summed E-state index contributed by atoms with van der Waals surface area (Å²) in [6.07, 6.45) is 2.27. The monoisotopic (exact) mass is 311 g/mol. The minimum atomic E-state index is -0.220. The van der Waals surface area contributed by atoms with E-state index in [1.807, 2.05) is 54.6 Å². The fourth-order valence-electron chi connectivity index (χ4n) is 2.59. The maximum absolute atomic E-state index is 12.1. The Morgan fingerprint density at radius 1 is 1.13 bits per heavy atom. The van der Waals surface area contributed by atoms with E-state index in [-0.39, 0.29) is 6.03 Å². The van der Waals surface area contributed by atoms with E-state index in [1.54, 1.807) is 0 Å². The van der Waals surface area contributed by atoms with Gasteiger partial charge in [-0.2, -0.15) is 0 Å². The molecule has 2 aromatic carbocycles. The summed E-state index contributed by atoms with van der Waals surface area (Å²) in [7, 11) is 0. The molecule has 1 heterocycles. The molecule has 23 heavy (non-hydrogen) atoms. The van der Waals surface area contributed by atoms with Crippen molar-refractivity contribution in [2.45, 2.75) is 18.9 Å². The summed E-state index contributed by atoms with van der Waals surface area (Å²) in [4.78, 5) is 12.1. The molecule has 1 aliphatic rings. The van der Waals surface area contributed by atoms with Crippen molar-refractivity contribution < 1.29 is 9.53 Å². The van der Waals surface area contributed by atoms with E-state index < -0.39 is 0 Å². The number of amides is 2. The van der Waals surface area contributed by atoms with Gasteiger partial charge in [-0.05, 0) is 43.7 Å². The summed E-state index contributed by atoms with van der Waals surface area (Å²) >= 11 is 0. The molecule has 0 unspecified atom stereocenters. The van der Waals surface area contributed by atoms with Gasteiger partial charge in [0.15, 0.2) is 5.75 Å². The lowest BCUT2D eigenvalue weighted by Gasteiger charge is -2.14. The van der Waals surface area contributed by atoms with Crippen LogP contribution < -0.4 is 20.7 Å². The molecule has 1 fully saturated rings. The fraction of sp³-hybridized carbons (Fsp3) is 0.278. The minimum Gasteiger partial charge on any atom is -0.455 e. The van der Waals surface area contributed by atoms with Gasteiger partial charge in [0.25, 0.3) is 0 Å². The average Bonchev–Trinajstić information content (AvgIpc) is 3.09. The van der Waals surface area contributed by atoms with Crippen molar-refractivity contribution in [2.24, 2.45) is 0 Å². The molecule has 5 heteroatoms. The number of carbonyl (C=O) groups excluding carboxylic acids is 1. The van der Waals surface area contributed by atoms with Crippen LogP contribution in [0.15, 0.2) is 54.6 Å². The zero-order valence-electron chi connectivity index (χ0n) is 12.9. The number of hydrogen-bond acceptors (Lipinski definition) is 3. The highest BCUT2D eigenvalue weighted by atomic mass is 16.5. The first kappa shape index (κ1) is 15.4. The molecule has 0 bridgehead atoms. The van der Waals surface area contributed by atoms with Gasteiger partial charge in [0.2, 0.25) is 0 Å². The van der Waals surface area contributed by atoms with Gasteiger partial charge in [0.1, 0.15) is 5.75 Å². The Balaban J connectivity index is 1.59. The Hall–Kier alpha value is -2.53. The van der Waals surface area contributed by atoms with Crippen LogP contribution in [-0.4, -0.2) is 25.2 Å². The third-order valence-corrected chi connectivity index (χ3v) is 3.78. The second-order valence-electron chi connectivity index (χ2n) is 5.54. The summed E-state index contributed by atoms with van der Waals surface area (Å²) in [6, 6.07) is 17.1. The lowest BCUT2D eigenvalue weighted by Crippen LogP contribution is -2.39. The third-order valence-electron chi connectivity index (χ3n) is 3.78. The maximum Gasteiger partial charge on any atom is 0.319 e. The Kier molecular flexibility index (Phi) is 5.11. The molecule has 0 aliphatic carbocycles. The number of para-hydroxylation sites is 3. The number of rotatable bonds is 5. The molecule has 0 aromatic heterocycles. The summed E-state index contributed by atoms with van der Waals surface area (Å²) < 4.78 is 5.83. The summed E-state index contributed by atoms with van der Waals surface area (Å²) in [5, 5.41) is 9.10. The molecule has 120 valence electrons. The standard InChI is InChI=1S/C18H21N3O2/c22-18(20-13-14-7-6-12-19-14)21-16-10-4-5-11-17(16)23-15-8-2-1-3-9-15/h1-5,8-11,14,19H,6-7,12-13H2,(H2,20,21,22)/t14-/m0/s1. The molecule has 5 nitrogen and oxygen atoms in total. The lowest BCUT2D eigenvalue weighted by atomic mass is 10.2. The number of urea groups is 1. The SMILES string of the molecule is O=C(NC[C@@H]1CCCN1)Nc1ccccc1Oc1ccccc1. The molecule has 1 aliphatic heterocycles. The van der Waals surface area contributed by atoms with Crippen LogP contribution in [-0.2, 0) is 0 Å². The second-order valence-corrected chi connectivity index (χ2v) is 5.54. The Bertz CT molecular complexity index is 640. The quantitative estimate of drug-likeness (QED) is 0.793. The zero-order valence-corrected chi connectivity index (χ0v) is 12.9. The topological polar surface area (TPSA) is 62.4 Å². The molecule has 1 saturated heterocycles. The number of ether oxygens (including phenoxy) is 1. The van der Waals surface area contributed by atoms with Crippen molar-refractivity contribution in [3.8, 4) is 11.5 Å². The molecule has 1 atom stereocenters.